The number of hydrogen-bond donors (Lipinski definition) is 0. The van der Waals surface area contributed by atoms with Gasteiger partial charge in [0.05, 0.1) is 7.11 Å². The van der Waals surface area contributed by atoms with E-state index in [0.717, 1.165) is 6.29 Å². The Kier molecular flexibility index (Phi) is 3.80. The molecule has 2 atom stereocenters. The number of esters is 1. The van der Waals surface area contributed by atoms with E-state index >= 15 is 0 Å². The third kappa shape index (κ3) is 2.40. The molecule has 1 saturated carbocycles. The van der Waals surface area contributed by atoms with Crippen LogP contribution >= 0.6 is 0 Å². The summed E-state index contributed by atoms with van der Waals surface area (Å²) in [6, 6.07) is 0. The van der Waals surface area contributed by atoms with Crippen molar-refractivity contribution in [3.63, 3.8) is 0 Å². The molecule has 0 bridgehead atoms. The number of carbonyl (C=O) groups excluding carboxylic acids is 3. The maximum absolute atomic E-state index is 11.3. The maximum Gasteiger partial charge on any atom is 0.305 e. The SMILES string of the molecule is COC(=O)C[C@H]1CCC(=O)C1CC=O. The van der Waals surface area contributed by atoms with E-state index in [1.165, 1.54) is 7.11 Å². The molecule has 0 spiro atoms. The molecule has 1 aliphatic rings. The predicted octanol–water partition coefficient (Wildman–Crippen LogP) is 0.734. The summed E-state index contributed by atoms with van der Waals surface area (Å²) in [6.45, 7) is 0. The molecule has 0 aromatic heterocycles. The van der Waals surface area contributed by atoms with Gasteiger partial charge in [0.25, 0.3) is 0 Å². The number of aldehydes is 1. The Hall–Kier alpha value is -1.19. The van der Waals surface area contributed by atoms with Crippen molar-refractivity contribution < 1.29 is 19.1 Å². The summed E-state index contributed by atoms with van der Waals surface area (Å²) in [4.78, 5) is 32.7. The quantitative estimate of drug-likeness (QED) is 0.493. The molecule has 0 radical (unpaired) electrons. The Morgan fingerprint density at radius 1 is 1.64 bits per heavy atom. The highest BCUT2D eigenvalue weighted by molar-refractivity contribution is 5.86. The molecule has 0 aromatic carbocycles. The van der Waals surface area contributed by atoms with Crippen LogP contribution in [0.1, 0.15) is 25.7 Å². The van der Waals surface area contributed by atoms with Crippen LogP contribution in [0.15, 0.2) is 0 Å². The van der Waals surface area contributed by atoms with Gasteiger partial charge in [0.1, 0.15) is 12.1 Å². The first-order valence-electron chi connectivity index (χ1n) is 4.72. The van der Waals surface area contributed by atoms with Gasteiger partial charge in [-0.2, -0.15) is 0 Å². The molecule has 1 rings (SSSR count). The summed E-state index contributed by atoms with van der Waals surface area (Å²) in [7, 11) is 1.33. The highest BCUT2D eigenvalue weighted by Gasteiger charge is 2.35. The number of hydrogen-bond acceptors (Lipinski definition) is 4. The van der Waals surface area contributed by atoms with E-state index in [2.05, 4.69) is 4.74 Å². The zero-order valence-electron chi connectivity index (χ0n) is 8.19. The standard InChI is InChI=1S/C10H14O4/c1-14-10(13)6-7-2-3-9(12)8(7)4-5-11/h5,7-8H,2-4,6H2,1H3/t7-,8?/m1/s1. The minimum Gasteiger partial charge on any atom is -0.469 e. The van der Waals surface area contributed by atoms with Crippen LogP contribution in [0.2, 0.25) is 0 Å². The summed E-state index contributed by atoms with van der Waals surface area (Å²) in [5, 5.41) is 0. The average molecular weight is 198 g/mol. The summed E-state index contributed by atoms with van der Waals surface area (Å²) in [5.41, 5.74) is 0. The number of ketones is 1. The fourth-order valence-corrected chi connectivity index (χ4v) is 1.95. The fraction of sp³-hybridized carbons (Fsp3) is 0.700. The molecule has 1 unspecified atom stereocenters. The van der Waals surface area contributed by atoms with E-state index in [9.17, 15) is 14.4 Å². The molecule has 0 aliphatic heterocycles. The van der Waals surface area contributed by atoms with Crippen LogP contribution in [0.25, 0.3) is 0 Å². The lowest BCUT2D eigenvalue weighted by molar-refractivity contribution is -0.142. The highest BCUT2D eigenvalue weighted by Crippen LogP contribution is 2.33. The maximum atomic E-state index is 11.3. The first-order chi connectivity index (χ1) is 6.69. The molecule has 0 N–H and O–H groups in total. The second-order valence-corrected chi connectivity index (χ2v) is 3.55. The molecule has 78 valence electrons. The molecule has 0 saturated heterocycles. The van der Waals surface area contributed by atoms with Crippen LogP contribution in [-0.2, 0) is 19.1 Å². The summed E-state index contributed by atoms with van der Waals surface area (Å²) in [5.74, 6) is -0.460. The minimum atomic E-state index is -0.305. The second-order valence-electron chi connectivity index (χ2n) is 3.55. The zero-order chi connectivity index (χ0) is 10.6. The van der Waals surface area contributed by atoms with Gasteiger partial charge >= 0.3 is 5.97 Å². The van der Waals surface area contributed by atoms with E-state index in [-0.39, 0.29) is 36.4 Å². The molecule has 0 aromatic rings. The predicted molar refractivity (Wildman–Crippen MR) is 48.5 cm³/mol. The molecular formula is C10H14O4. The van der Waals surface area contributed by atoms with Crippen LogP contribution in [0.3, 0.4) is 0 Å². The van der Waals surface area contributed by atoms with Crippen molar-refractivity contribution in [3.05, 3.63) is 0 Å². The summed E-state index contributed by atoms with van der Waals surface area (Å²) >= 11 is 0. The van der Waals surface area contributed by atoms with Crippen molar-refractivity contribution in [2.45, 2.75) is 25.7 Å². The van der Waals surface area contributed by atoms with Gasteiger partial charge in [0.2, 0.25) is 0 Å². The first kappa shape index (κ1) is 10.9. The van der Waals surface area contributed by atoms with Crippen molar-refractivity contribution in [2.24, 2.45) is 11.8 Å². The lowest BCUT2D eigenvalue weighted by Crippen LogP contribution is -2.18. The van der Waals surface area contributed by atoms with Crippen molar-refractivity contribution in [3.8, 4) is 0 Å². The monoisotopic (exact) mass is 198 g/mol. The largest absolute Gasteiger partial charge is 0.469 e. The third-order valence-corrected chi connectivity index (χ3v) is 2.75. The van der Waals surface area contributed by atoms with Crippen LogP contribution in [0.5, 0.6) is 0 Å². The average Bonchev–Trinajstić information content (AvgIpc) is 2.50. The normalized spacial score (nSPS) is 26.2. The van der Waals surface area contributed by atoms with E-state index in [4.69, 9.17) is 0 Å². The van der Waals surface area contributed by atoms with Gasteiger partial charge in [0, 0.05) is 25.2 Å². The van der Waals surface area contributed by atoms with Gasteiger partial charge in [-0.15, -0.1) is 0 Å². The van der Waals surface area contributed by atoms with E-state index < -0.39 is 0 Å². The van der Waals surface area contributed by atoms with E-state index in [1.807, 2.05) is 0 Å². The van der Waals surface area contributed by atoms with Crippen LogP contribution < -0.4 is 0 Å². The molecule has 0 amide bonds. The van der Waals surface area contributed by atoms with E-state index in [0.29, 0.717) is 12.8 Å². The molecular weight excluding hydrogens is 184 g/mol. The van der Waals surface area contributed by atoms with Gasteiger partial charge in [-0.25, -0.2) is 0 Å². The lowest BCUT2D eigenvalue weighted by Gasteiger charge is -2.13. The number of methoxy groups -OCH3 is 1. The van der Waals surface area contributed by atoms with Crippen molar-refractivity contribution in [2.75, 3.05) is 7.11 Å². The minimum absolute atomic E-state index is 0.000139. The molecule has 1 fully saturated rings. The number of ether oxygens (including phenoxy) is 1. The highest BCUT2D eigenvalue weighted by atomic mass is 16.5. The van der Waals surface area contributed by atoms with Gasteiger partial charge < -0.3 is 9.53 Å². The topological polar surface area (TPSA) is 60.4 Å². The second kappa shape index (κ2) is 4.88. The van der Waals surface area contributed by atoms with Gasteiger partial charge in [-0.1, -0.05) is 0 Å². The van der Waals surface area contributed by atoms with Crippen molar-refractivity contribution in [1.82, 2.24) is 0 Å². The first-order valence-corrected chi connectivity index (χ1v) is 4.72. The van der Waals surface area contributed by atoms with Gasteiger partial charge in [0.15, 0.2) is 0 Å². The Balaban J connectivity index is 2.55. The van der Waals surface area contributed by atoms with Crippen LogP contribution in [-0.4, -0.2) is 25.1 Å². The van der Waals surface area contributed by atoms with Gasteiger partial charge in [-0.3, -0.25) is 9.59 Å². The third-order valence-electron chi connectivity index (χ3n) is 2.75. The van der Waals surface area contributed by atoms with Crippen molar-refractivity contribution >= 4 is 18.0 Å². The smallest absolute Gasteiger partial charge is 0.305 e. The fourth-order valence-electron chi connectivity index (χ4n) is 1.95. The lowest BCUT2D eigenvalue weighted by atomic mass is 9.90. The molecule has 4 heteroatoms. The van der Waals surface area contributed by atoms with E-state index in [1.54, 1.807) is 0 Å². The zero-order valence-corrected chi connectivity index (χ0v) is 8.19. The van der Waals surface area contributed by atoms with Gasteiger partial charge in [-0.05, 0) is 12.3 Å². The summed E-state index contributed by atoms with van der Waals surface area (Å²) in [6.07, 6.45) is 2.42. The number of Topliss-reactive ketones (excluding diaryl/α,β-unsaturated/α-hetero) is 1. The Labute approximate surface area is 82.6 Å². The number of carbonyl (C=O) groups is 3. The Morgan fingerprint density at radius 2 is 2.36 bits per heavy atom. The van der Waals surface area contributed by atoms with Crippen molar-refractivity contribution in [1.29, 1.82) is 0 Å². The Bertz CT molecular complexity index is 247. The molecule has 0 heterocycles. The molecule has 4 nitrogen and oxygen atoms in total. The molecule has 14 heavy (non-hydrogen) atoms. The van der Waals surface area contributed by atoms with Crippen LogP contribution in [0.4, 0.5) is 0 Å². The van der Waals surface area contributed by atoms with Crippen LogP contribution in [0, 0.1) is 11.8 Å². The summed E-state index contributed by atoms with van der Waals surface area (Å²) < 4.78 is 4.54. The molecule has 1 aliphatic carbocycles. The number of rotatable bonds is 4. The Morgan fingerprint density at radius 3 is 2.93 bits per heavy atom.